The standard InChI is InChI=1S/C21H19ClF3N3O3/c1-13(20(30)31-12-14-7-3-2-4-8-14)26-19(29)17-11-18(21(23,24)25)27-28(17)16-10-6-5-9-15(16)22/h2-7,9-11,13-14H,8,12H2,1H3,(H,26,29)/t13-,14?/m0/s1. The summed E-state index contributed by atoms with van der Waals surface area (Å²) in [6.07, 6.45) is 3.53. The van der Waals surface area contributed by atoms with Crippen LogP contribution in [0.2, 0.25) is 5.02 Å². The van der Waals surface area contributed by atoms with Crippen LogP contribution >= 0.6 is 11.6 Å². The number of ether oxygens (including phenoxy) is 1. The van der Waals surface area contributed by atoms with E-state index in [9.17, 15) is 22.8 Å². The Morgan fingerprint density at radius 2 is 2.06 bits per heavy atom. The summed E-state index contributed by atoms with van der Waals surface area (Å²) in [7, 11) is 0. The Morgan fingerprint density at radius 1 is 1.32 bits per heavy atom. The number of hydrogen-bond donors (Lipinski definition) is 1. The van der Waals surface area contributed by atoms with Crippen LogP contribution in [0.5, 0.6) is 0 Å². The van der Waals surface area contributed by atoms with Crippen molar-refractivity contribution >= 4 is 23.5 Å². The van der Waals surface area contributed by atoms with Gasteiger partial charge in [0.1, 0.15) is 11.7 Å². The number of carbonyl (C=O) groups is 2. The molecule has 31 heavy (non-hydrogen) atoms. The summed E-state index contributed by atoms with van der Waals surface area (Å²) >= 11 is 6.07. The van der Waals surface area contributed by atoms with E-state index in [4.69, 9.17) is 16.3 Å². The van der Waals surface area contributed by atoms with Gasteiger partial charge in [0, 0.05) is 12.0 Å². The van der Waals surface area contributed by atoms with Crippen molar-refractivity contribution in [1.82, 2.24) is 15.1 Å². The third-order valence-corrected chi connectivity index (χ3v) is 4.84. The van der Waals surface area contributed by atoms with E-state index >= 15 is 0 Å². The fourth-order valence-electron chi connectivity index (χ4n) is 2.89. The normalized spacial score (nSPS) is 16.7. The van der Waals surface area contributed by atoms with Gasteiger partial charge in [-0.05, 0) is 25.5 Å². The van der Waals surface area contributed by atoms with E-state index in [0.29, 0.717) is 6.07 Å². The van der Waals surface area contributed by atoms with Crippen LogP contribution in [0.25, 0.3) is 5.69 Å². The molecule has 0 aliphatic heterocycles. The monoisotopic (exact) mass is 453 g/mol. The second-order valence-electron chi connectivity index (χ2n) is 6.91. The van der Waals surface area contributed by atoms with Crippen LogP contribution in [0.4, 0.5) is 13.2 Å². The van der Waals surface area contributed by atoms with Crippen LogP contribution in [-0.2, 0) is 15.7 Å². The van der Waals surface area contributed by atoms with Gasteiger partial charge in [-0.1, -0.05) is 48.0 Å². The first-order chi connectivity index (χ1) is 14.7. The summed E-state index contributed by atoms with van der Waals surface area (Å²) in [5.41, 5.74) is -1.58. The average molecular weight is 454 g/mol. The third-order valence-electron chi connectivity index (χ3n) is 4.52. The molecule has 1 heterocycles. The maximum Gasteiger partial charge on any atom is 0.435 e. The van der Waals surface area contributed by atoms with Crippen LogP contribution < -0.4 is 5.32 Å². The number of amides is 1. The number of rotatable bonds is 6. The van der Waals surface area contributed by atoms with E-state index in [-0.39, 0.29) is 23.2 Å². The fraction of sp³-hybridized carbons (Fsp3) is 0.286. The molecule has 0 fully saturated rings. The van der Waals surface area contributed by atoms with E-state index in [1.54, 1.807) is 12.1 Å². The maximum absolute atomic E-state index is 13.2. The van der Waals surface area contributed by atoms with Gasteiger partial charge in [0.2, 0.25) is 0 Å². The number of alkyl halides is 3. The molecule has 0 saturated carbocycles. The topological polar surface area (TPSA) is 73.2 Å². The highest BCUT2D eigenvalue weighted by Crippen LogP contribution is 2.31. The Labute approximate surface area is 181 Å². The average Bonchev–Trinajstić information content (AvgIpc) is 3.19. The van der Waals surface area contributed by atoms with Crippen molar-refractivity contribution in [3.05, 3.63) is 71.0 Å². The van der Waals surface area contributed by atoms with Gasteiger partial charge in [-0.25, -0.2) is 9.48 Å². The van der Waals surface area contributed by atoms with Gasteiger partial charge in [0.25, 0.3) is 5.91 Å². The minimum Gasteiger partial charge on any atom is -0.464 e. The van der Waals surface area contributed by atoms with Gasteiger partial charge in [-0.3, -0.25) is 4.79 Å². The number of allylic oxidation sites excluding steroid dienone is 3. The van der Waals surface area contributed by atoms with Crippen molar-refractivity contribution in [2.45, 2.75) is 25.6 Å². The molecule has 0 radical (unpaired) electrons. The van der Waals surface area contributed by atoms with Gasteiger partial charge in [-0.2, -0.15) is 18.3 Å². The van der Waals surface area contributed by atoms with Gasteiger partial charge in [-0.15, -0.1) is 0 Å². The molecule has 0 bridgehead atoms. The van der Waals surface area contributed by atoms with Crippen molar-refractivity contribution in [3.63, 3.8) is 0 Å². The molecule has 1 aliphatic carbocycles. The smallest absolute Gasteiger partial charge is 0.435 e. The number of para-hydroxylation sites is 1. The molecule has 1 N–H and O–H groups in total. The Bertz CT molecular complexity index is 1030. The lowest BCUT2D eigenvalue weighted by Crippen LogP contribution is -2.40. The molecule has 1 amide bonds. The van der Waals surface area contributed by atoms with Crippen molar-refractivity contribution in [1.29, 1.82) is 0 Å². The summed E-state index contributed by atoms with van der Waals surface area (Å²) in [4.78, 5) is 24.9. The maximum atomic E-state index is 13.2. The molecule has 3 rings (SSSR count). The highest BCUT2D eigenvalue weighted by molar-refractivity contribution is 6.32. The highest BCUT2D eigenvalue weighted by Gasteiger charge is 2.36. The number of nitrogens with zero attached hydrogens (tertiary/aromatic N) is 2. The van der Waals surface area contributed by atoms with E-state index in [0.717, 1.165) is 11.1 Å². The van der Waals surface area contributed by atoms with E-state index in [1.807, 2.05) is 24.3 Å². The molecule has 0 spiro atoms. The first kappa shape index (κ1) is 22.6. The molecule has 1 aliphatic rings. The molecule has 10 heteroatoms. The molecule has 2 atom stereocenters. The number of benzene rings is 1. The van der Waals surface area contributed by atoms with Crippen molar-refractivity contribution in [3.8, 4) is 5.69 Å². The summed E-state index contributed by atoms with van der Waals surface area (Å²) in [6.45, 7) is 1.52. The predicted octanol–water partition coefficient (Wildman–Crippen LogP) is 4.34. The zero-order chi connectivity index (χ0) is 22.6. The highest BCUT2D eigenvalue weighted by atomic mass is 35.5. The number of esters is 1. The molecule has 1 aromatic carbocycles. The molecular formula is C21H19ClF3N3O3. The van der Waals surface area contributed by atoms with E-state index in [2.05, 4.69) is 10.4 Å². The van der Waals surface area contributed by atoms with Gasteiger partial charge < -0.3 is 10.1 Å². The van der Waals surface area contributed by atoms with Gasteiger partial charge >= 0.3 is 12.1 Å². The zero-order valence-electron chi connectivity index (χ0n) is 16.4. The molecule has 164 valence electrons. The second kappa shape index (κ2) is 9.38. The Morgan fingerprint density at radius 3 is 2.71 bits per heavy atom. The van der Waals surface area contributed by atoms with E-state index in [1.165, 1.54) is 19.1 Å². The minimum atomic E-state index is -4.77. The summed E-state index contributed by atoms with van der Waals surface area (Å²) in [6, 6.07) is 5.55. The first-order valence-corrected chi connectivity index (χ1v) is 9.77. The largest absolute Gasteiger partial charge is 0.464 e. The molecule has 6 nitrogen and oxygen atoms in total. The van der Waals surface area contributed by atoms with Gasteiger partial charge in [0.15, 0.2) is 5.69 Å². The third kappa shape index (κ3) is 5.55. The first-order valence-electron chi connectivity index (χ1n) is 9.40. The Balaban J connectivity index is 1.76. The quantitative estimate of drug-likeness (QED) is 0.660. The van der Waals surface area contributed by atoms with Crippen LogP contribution in [0.3, 0.4) is 0 Å². The number of nitrogens with one attached hydrogen (secondary N) is 1. The lowest BCUT2D eigenvalue weighted by molar-refractivity contribution is -0.146. The number of aromatic nitrogens is 2. The number of halogens is 4. The minimum absolute atomic E-state index is 0.0350. The van der Waals surface area contributed by atoms with E-state index < -0.39 is 35.5 Å². The summed E-state index contributed by atoms with van der Waals surface area (Å²) in [5, 5.41) is 5.97. The fourth-order valence-corrected chi connectivity index (χ4v) is 3.10. The SMILES string of the molecule is C[C@H](NC(=O)c1cc(C(F)(F)F)nn1-c1ccccc1Cl)C(=O)OCC1C=CC=CC1. The molecule has 1 unspecified atom stereocenters. The van der Waals surface area contributed by atoms with Crippen LogP contribution in [0.15, 0.2) is 54.6 Å². The molecule has 1 aromatic heterocycles. The van der Waals surface area contributed by atoms with Crippen LogP contribution in [0.1, 0.15) is 29.5 Å². The Hall–Kier alpha value is -3.07. The van der Waals surface area contributed by atoms with Crippen molar-refractivity contribution in [2.24, 2.45) is 5.92 Å². The number of hydrogen-bond acceptors (Lipinski definition) is 4. The second-order valence-corrected chi connectivity index (χ2v) is 7.32. The Kier molecular flexibility index (Phi) is 6.84. The van der Waals surface area contributed by atoms with Crippen LogP contribution in [-0.4, -0.2) is 34.3 Å². The van der Waals surface area contributed by atoms with Crippen molar-refractivity contribution in [2.75, 3.05) is 6.61 Å². The number of carbonyl (C=O) groups excluding carboxylic acids is 2. The predicted molar refractivity (Wildman–Crippen MR) is 108 cm³/mol. The van der Waals surface area contributed by atoms with Crippen LogP contribution in [0, 0.1) is 5.92 Å². The molecule has 0 saturated heterocycles. The van der Waals surface area contributed by atoms with Crippen molar-refractivity contribution < 1.29 is 27.5 Å². The molecule has 2 aromatic rings. The molecular weight excluding hydrogens is 435 g/mol. The zero-order valence-corrected chi connectivity index (χ0v) is 17.2. The lowest BCUT2D eigenvalue weighted by atomic mass is 10.0. The lowest BCUT2D eigenvalue weighted by Gasteiger charge is -2.17. The van der Waals surface area contributed by atoms with Gasteiger partial charge in [0.05, 0.1) is 17.3 Å². The summed E-state index contributed by atoms with van der Waals surface area (Å²) in [5.74, 6) is -1.59. The summed E-state index contributed by atoms with van der Waals surface area (Å²) < 4.78 is 45.6.